The Bertz CT molecular complexity index is 2430. The number of anilines is 4. The number of carbonyl (C=O) groups excluding carboxylic acids is 5. The summed E-state index contributed by atoms with van der Waals surface area (Å²) < 4.78 is 31.3. The van der Waals surface area contributed by atoms with Crippen molar-refractivity contribution in [1.29, 1.82) is 0 Å². The van der Waals surface area contributed by atoms with Gasteiger partial charge in [-0.25, -0.2) is 18.7 Å². The fraction of sp³-hybridized carbons (Fsp3) is 0.571. The molecule has 3 N–H and O–H groups in total. The van der Waals surface area contributed by atoms with Crippen molar-refractivity contribution in [2.45, 2.75) is 90.3 Å². The van der Waals surface area contributed by atoms with Gasteiger partial charge in [0.15, 0.2) is 0 Å². The lowest BCUT2D eigenvalue weighted by Crippen LogP contribution is -2.66. The van der Waals surface area contributed by atoms with Crippen LogP contribution < -0.4 is 30.7 Å². The molecule has 0 radical (unpaired) electrons. The fourth-order valence-electron chi connectivity index (χ4n) is 10.7. The van der Waals surface area contributed by atoms with Crippen molar-refractivity contribution in [3.8, 4) is 0 Å². The molecule has 3 aromatic rings. The minimum atomic E-state index is -0.998. The second-order valence-corrected chi connectivity index (χ2v) is 20.9. The Morgan fingerprint density at radius 2 is 1.49 bits per heavy atom. The van der Waals surface area contributed by atoms with E-state index in [1.165, 1.54) is 12.1 Å². The SMILES string of the molecule is CN(CCNc1ccc2c(c1)C(=O)N(C1CCC(=O)NC1=O)C2=O)CC[C@]1(C)CCN(c2cc(N3CCC4(CC3)CN(c3cc(F)c(CN5CCC(C)(C)CC5)cc3F)CC(=O)N4)ncn2)C1. The van der Waals surface area contributed by atoms with Crippen LogP contribution in [-0.4, -0.2) is 145 Å². The number of imide groups is 2. The van der Waals surface area contributed by atoms with Gasteiger partial charge in [-0.05, 0) is 107 Å². The Balaban J connectivity index is 0.736. The lowest BCUT2D eigenvalue weighted by Gasteiger charge is -2.48. The van der Waals surface area contributed by atoms with Crippen LogP contribution in [0.15, 0.2) is 42.7 Å². The van der Waals surface area contributed by atoms with Gasteiger partial charge in [-0.15, -0.1) is 0 Å². The number of halogens is 2. The Morgan fingerprint density at radius 1 is 0.776 bits per heavy atom. The number of nitrogens with one attached hydrogen (secondary N) is 3. The number of benzene rings is 2. The molecule has 1 aromatic heterocycles. The fourth-order valence-corrected chi connectivity index (χ4v) is 10.7. The summed E-state index contributed by atoms with van der Waals surface area (Å²) in [4.78, 5) is 84.5. The van der Waals surface area contributed by atoms with Crippen molar-refractivity contribution in [1.82, 2.24) is 35.3 Å². The predicted octanol–water partition coefficient (Wildman–Crippen LogP) is 4.40. The maximum absolute atomic E-state index is 15.7. The minimum absolute atomic E-state index is 0.0261. The third-order valence-electron chi connectivity index (χ3n) is 15.2. The first kappa shape index (κ1) is 46.4. The number of nitrogens with zero attached hydrogens (tertiary/aromatic N) is 8. The highest BCUT2D eigenvalue weighted by atomic mass is 19.1. The smallest absolute Gasteiger partial charge is 0.262 e. The van der Waals surface area contributed by atoms with Crippen LogP contribution >= 0.6 is 0 Å². The largest absolute Gasteiger partial charge is 0.384 e. The van der Waals surface area contributed by atoms with Gasteiger partial charge in [-0.2, -0.15) is 0 Å². The van der Waals surface area contributed by atoms with Crippen molar-refractivity contribution in [3.63, 3.8) is 0 Å². The van der Waals surface area contributed by atoms with Crippen LogP contribution in [0.3, 0.4) is 0 Å². The van der Waals surface area contributed by atoms with Gasteiger partial charge in [0.25, 0.3) is 11.8 Å². The summed E-state index contributed by atoms with van der Waals surface area (Å²) in [7, 11) is 2.09. The summed E-state index contributed by atoms with van der Waals surface area (Å²) in [6.45, 7) is 14.5. The molecule has 0 bridgehead atoms. The summed E-state index contributed by atoms with van der Waals surface area (Å²) >= 11 is 0. The van der Waals surface area contributed by atoms with E-state index in [9.17, 15) is 24.0 Å². The van der Waals surface area contributed by atoms with Crippen molar-refractivity contribution < 1.29 is 32.8 Å². The molecule has 2 aromatic carbocycles. The number of carbonyl (C=O) groups is 5. The molecule has 0 aliphatic carbocycles. The normalized spacial score (nSPS) is 24.2. The quantitative estimate of drug-likeness (QED) is 0.207. The summed E-state index contributed by atoms with van der Waals surface area (Å²) in [5.41, 5.74) is 1.45. The molecule has 16 nitrogen and oxygen atoms in total. The first-order valence-corrected chi connectivity index (χ1v) is 23.8. The maximum Gasteiger partial charge on any atom is 0.262 e. The lowest BCUT2D eigenvalue weighted by molar-refractivity contribution is -0.136. The summed E-state index contributed by atoms with van der Waals surface area (Å²) in [6.07, 6.45) is 7.11. The molecular weight excluding hydrogens is 861 g/mol. The average molecular weight is 924 g/mol. The van der Waals surface area contributed by atoms with Crippen molar-refractivity contribution in [2.75, 3.05) is 99.1 Å². The molecular formula is C49H63F2N11O5. The highest BCUT2D eigenvalue weighted by molar-refractivity contribution is 6.23. The number of rotatable bonds is 13. The van der Waals surface area contributed by atoms with Crippen LogP contribution in [0.5, 0.6) is 0 Å². The first-order chi connectivity index (χ1) is 32.0. The van der Waals surface area contributed by atoms with Gasteiger partial charge in [0.2, 0.25) is 17.7 Å². The number of likely N-dealkylation sites (N-methyl/N-ethyl adjacent to an activating group) is 1. The molecule has 9 rings (SSSR count). The molecule has 6 aliphatic heterocycles. The number of hydrogen-bond donors (Lipinski definition) is 3. The van der Waals surface area contributed by atoms with E-state index in [-0.39, 0.29) is 52.9 Å². The Morgan fingerprint density at radius 3 is 2.24 bits per heavy atom. The molecule has 1 unspecified atom stereocenters. The van der Waals surface area contributed by atoms with E-state index in [1.54, 1.807) is 29.4 Å². The number of likely N-dealkylation sites (tertiary alicyclic amines) is 1. The van der Waals surface area contributed by atoms with Gasteiger partial charge in [0.05, 0.1) is 28.9 Å². The summed E-state index contributed by atoms with van der Waals surface area (Å²) in [6, 6.07) is 8.68. The van der Waals surface area contributed by atoms with Gasteiger partial charge in [0, 0.05) is 82.2 Å². The second-order valence-electron chi connectivity index (χ2n) is 20.9. The van der Waals surface area contributed by atoms with E-state index in [4.69, 9.17) is 0 Å². The standard InChI is InChI=1S/C49H63F2N11O5/c1-47(2)9-17-58(18-10-47)27-32-23-37(51)39(25-36(32)50)61-28-43(64)56-49(30-61)13-20-59(21-14-49)40-26-41(54-31-53-40)60-19-12-48(3,29-60)11-16-57(4)22-15-52-33-5-6-34-35(24-33)46(67)62(45(34)66)38-7-8-42(63)55-44(38)65/h5-6,23-26,31,38,52H,7-22,27-30H2,1-4H3,(H,56,64)(H,55,63,65)/t38?,48-/m1/s1. The molecule has 0 saturated carbocycles. The van der Waals surface area contributed by atoms with E-state index < -0.39 is 46.8 Å². The lowest BCUT2D eigenvalue weighted by atomic mass is 9.82. The van der Waals surface area contributed by atoms with Gasteiger partial charge in [0.1, 0.15) is 35.6 Å². The number of aromatic nitrogens is 2. The maximum atomic E-state index is 15.7. The molecule has 7 heterocycles. The van der Waals surface area contributed by atoms with E-state index >= 15 is 8.78 Å². The van der Waals surface area contributed by atoms with E-state index in [0.717, 1.165) is 81.5 Å². The van der Waals surface area contributed by atoms with Crippen molar-refractivity contribution in [3.05, 3.63) is 71.1 Å². The van der Waals surface area contributed by atoms with Gasteiger partial charge in [-0.1, -0.05) is 20.8 Å². The zero-order valence-electron chi connectivity index (χ0n) is 39.1. The predicted molar refractivity (Wildman–Crippen MR) is 250 cm³/mol. The topological polar surface area (TPSA) is 167 Å². The molecule has 1 spiro atoms. The highest BCUT2D eigenvalue weighted by Gasteiger charge is 2.45. The molecule has 18 heteroatoms. The van der Waals surface area contributed by atoms with E-state index in [1.807, 2.05) is 6.07 Å². The van der Waals surface area contributed by atoms with E-state index in [0.29, 0.717) is 56.8 Å². The third kappa shape index (κ3) is 9.96. The van der Waals surface area contributed by atoms with Crippen molar-refractivity contribution >= 4 is 52.5 Å². The molecule has 5 fully saturated rings. The molecule has 5 amide bonds. The third-order valence-corrected chi connectivity index (χ3v) is 15.2. The highest BCUT2D eigenvalue weighted by Crippen LogP contribution is 2.38. The molecule has 2 atom stereocenters. The molecule has 358 valence electrons. The van der Waals surface area contributed by atoms with Crippen LogP contribution in [0.1, 0.15) is 98.4 Å². The Kier molecular flexibility index (Phi) is 12.7. The van der Waals surface area contributed by atoms with Crippen LogP contribution in [0.2, 0.25) is 0 Å². The van der Waals surface area contributed by atoms with Crippen LogP contribution in [0.4, 0.5) is 31.8 Å². The number of piperazine rings is 1. The van der Waals surface area contributed by atoms with Gasteiger partial charge < -0.3 is 30.2 Å². The Labute approximate surface area is 390 Å². The molecule has 6 aliphatic rings. The summed E-state index contributed by atoms with van der Waals surface area (Å²) in [5, 5.41) is 8.82. The average Bonchev–Trinajstić information content (AvgIpc) is 3.80. The van der Waals surface area contributed by atoms with Crippen LogP contribution in [-0.2, 0) is 20.9 Å². The van der Waals surface area contributed by atoms with Crippen molar-refractivity contribution in [2.24, 2.45) is 10.8 Å². The van der Waals surface area contributed by atoms with Gasteiger partial charge in [-0.3, -0.25) is 39.1 Å². The molecule has 5 saturated heterocycles. The zero-order chi connectivity index (χ0) is 47.3. The van der Waals surface area contributed by atoms with E-state index in [2.05, 4.69) is 73.3 Å². The minimum Gasteiger partial charge on any atom is -0.384 e. The summed E-state index contributed by atoms with van der Waals surface area (Å²) in [5.74, 6) is -1.52. The van der Waals surface area contributed by atoms with Crippen LogP contribution in [0, 0.1) is 22.5 Å². The number of amides is 5. The first-order valence-electron chi connectivity index (χ1n) is 23.8. The number of hydrogen-bond acceptors (Lipinski definition) is 13. The van der Waals surface area contributed by atoms with Crippen LogP contribution in [0.25, 0.3) is 0 Å². The second kappa shape index (κ2) is 18.4. The van der Waals surface area contributed by atoms with Gasteiger partial charge >= 0.3 is 0 Å². The number of fused-ring (bicyclic) bond motifs is 1. The number of piperidine rings is 3. The zero-order valence-corrected chi connectivity index (χ0v) is 39.1. The molecule has 67 heavy (non-hydrogen) atoms. The Hall–Kier alpha value is -5.75. The monoisotopic (exact) mass is 923 g/mol.